The standard InChI is InChI=1S/C24H38O4S/c1-3-10-23(26)28-21-17-16-20(14-9-13-19-11-6-7-12-19)24(21)29-18-8-4-5-15-22(25)27-2/h9,14,19-20H,3-8,10-13,15-18H2,1-2H3/b14-9+/t20-/m0/s1. The predicted octanol–water partition coefficient (Wildman–Crippen LogP) is 6.55. The fraction of sp³-hybridized carbons (Fsp3) is 0.750. The Morgan fingerprint density at radius 2 is 1.86 bits per heavy atom. The number of carbonyl (C=O) groups is 2. The lowest BCUT2D eigenvalue weighted by Gasteiger charge is -2.13. The maximum atomic E-state index is 12.0. The zero-order valence-corrected chi connectivity index (χ0v) is 19.1. The number of methoxy groups -OCH3 is 1. The molecule has 2 aliphatic carbocycles. The van der Waals surface area contributed by atoms with Gasteiger partial charge < -0.3 is 9.47 Å². The van der Waals surface area contributed by atoms with Crippen molar-refractivity contribution >= 4 is 23.7 Å². The molecule has 0 aliphatic heterocycles. The second-order valence-electron chi connectivity index (χ2n) is 8.21. The molecule has 1 saturated carbocycles. The van der Waals surface area contributed by atoms with Crippen LogP contribution in [0.2, 0.25) is 0 Å². The van der Waals surface area contributed by atoms with Crippen molar-refractivity contribution in [3.05, 3.63) is 22.8 Å². The van der Waals surface area contributed by atoms with Crippen LogP contribution >= 0.6 is 11.8 Å². The molecular formula is C24H38O4S. The molecule has 0 bridgehead atoms. The monoisotopic (exact) mass is 422 g/mol. The third kappa shape index (κ3) is 8.98. The fourth-order valence-electron chi connectivity index (χ4n) is 4.13. The van der Waals surface area contributed by atoms with E-state index in [1.165, 1.54) is 44.1 Å². The van der Waals surface area contributed by atoms with Crippen molar-refractivity contribution in [2.24, 2.45) is 11.8 Å². The average Bonchev–Trinajstić information content (AvgIpc) is 3.35. The Balaban J connectivity index is 1.85. The minimum atomic E-state index is -0.131. The SMILES string of the molecule is CCCC(=O)OC1=C(SCCCCCC(=O)OC)[C@@H](/C=C/CC2CCCC2)CC1. The van der Waals surface area contributed by atoms with Gasteiger partial charge in [0.25, 0.3) is 0 Å². The van der Waals surface area contributed by atoms with Crippen LogP contribution in [0, 0.1) is 11.8 Å². The fourth-order valence-corrected chi connectivity index (χ4v) is 5.41. The van der Waals surface area contributed by atoms with Crippen LogP contribution in [0.3, 0.4) is 0 Å². The molecule has 0 radical (unpaired) electrons. The number of allylic oxidation sites excluding steroid dienone is 4. The number of ether oxygens (including phenoxy) is 2. The van der Waals surface area contributed by atoms with Gasteiger partial charge in [-0.2, -0.15) is 0 Å². The van der Waals surface area contributed by atoms with Crippen LogP contribution in [0.4, 0.5) is 0 Å². The van der Waals surface area contributed by atoms with E-state index < -0.39 is 0 Å². The van der Waals surface area contributed by atoms with Crippen LogP contribution in [-0.2, 0) is 19.1 Å². The van der Waals surface area contributed by atoms with E-state index in [-0.39, 0.29) is 11.9 Å². The van der Waals surface area contributed by atoms with Crippen LogP contribution in [0.25, 0.3) is 0 Å². The van der Waals surface area contributed by atoms with Gasteiger partial charge in [0.15, 0.2) is 0 Å². The van der Waals surface area contributed by atoms with Gasteiger partial charge in [0, 0.05) is 30.1 Å². The minimum absolute atomic E-state index is 0.103. The summed E-state index contributed by atoms with van der Waals surface area (Å²) in [6, 6.07) is 0. The van der Waals surface area contributed by atoms with E-state index in [0.29, 0.717) is 18.8 Å². The Hall–Kier alpha value is -1.23. The molecule has 164 valence electrons. The van der Waals surface area contributed by atoms with Gasteiger partial charge >= 0.3 is 11.9 Å². The summed E-state index contributed by atoms with van der Waals surface area (Å²) in [5.41, 5.74) is 0. The van der Waals surface area contributed by atoms with Gasteiger partial charge in [-0.3, -0.25) is 9.59 Å². The lowest BCUT2D eigenvalue weighted by molar-refractivity contribution is -0.141. The van der Waals surface area contributed by atoms with Crippen molar-refractivity contribution in [1.82, 2.24) is 0 Å². The van der Waals surface area contributed by atoms with Gasteiger partial charge in [-0.15, -0.1) is 11.8 Å². The molecule has 0 heterocycles. The van der Waals surface area contributed by atoms with E-state index in [9.17, 15) is 9.59 Å². The van der Waals surface area contributed by atoms with Crippen molar-refractivity contribution < 1.29 is 19.1 Å². The summed E-state index contributed by atoms with van der Waals surface area (Å²) in [5.74, 6) is 2.92. The normalized spacial score (nSPS) is 20.0. The largest absolute Gasteiger partial charge is 0.469 e. The summed E-state index contributed by atoms with van der Waals surface area (Å²) in [5, 5.41) is 0. The zero-order valence-electron chi connectivity index (χ0n) is 18.3. The third-order valence-electron chi connectivity index (χ3n) is 5.81. The number of esters is 2. The maximum absolute atomic E-state index is 12.0. The van der Waals surface area contributed by atoms with E-state index >= 15 is 0 Å². The smallest absolute Gasteiger partial charge is 0.310 e. The number of carbonyl (C=O) groups excluding carboxylic acids is 2. The second kappa shape index (κ2) is 13.9. The Kier molecular flexibility index (Phi) is 11.5. The summed E-state index contributed by atoms with van der Waals surface area (Å²) < 4.78 is 10.4. The Bertz CT molecular complexity index is 575. The van der Waals surface area contributed by atoms with Crippen molar-refractivity contribution in [3.8, 4) is 0 Å². The molecule has 0 spiro atoms. The summed E-state index contributed by atoms with van der Waals surface area (Å²) in [6.45, 7) is 2.00. The highest BCUT2D eigenvalue weighted by atomic mass is 32.2. The molecule has 2 rings (SSSR count). The van der Waals surface area contributed by atoms with E-state index in [1.807, 2.05) is 18.7 Å². The van der Waals surface area contributed by atoms with Crippen molar-refractivity contribution in [1.29, 1.82) is 0 Å². The van der Waals surface area contributed by atoms with Crippen molar-refractivity contribution in [2.75, 3.05) is 12.9 Å². The van der Waals surface area contributed by atoms with Gasteiger partial charge in [0.2, 0.25) is 0 Å². The maximum Gasteiger partial charge on any atom is 0.310 e. The molecule has 29 heavy (non-hydrogen) atoms. The molecule has 0 aromatic rings. The van der Waals surface area contributed by atoms with Gasteiger partial charge in [0.1, 0.15) is 5.76 Å². The van der Waals surface area contributed by atoms with Crippen LogP contribution in [-0.4, -0.2) is 24.8 Å². The van der Waals surface area contributed by atoms with E-state index in [0.717, 1.165) is 56.0 Å². The second-order valence-corrected chi connectivity index (χ2v) is 9.34. The number of hydrogen-bond acceptors (Lipinski definition) is 5. The minimum Gasteiger partial charge on any atom is -0.469 e. The van der Waals surface area contributed by atoms with Gasteiger partial charge in [0.05, 0.1) is 7.11 Å². The molecule has 1 atom stereocenters. The zero-order chi connectivity index (χ0) is 20.9. The molecule has 0 saturated heterocycles. The molecule has 0 N–H and O–H groups in total. The highest BCUT2D eigenvalue weighted by Gasteiger charge is 2.27. The lowest BCUT2D eigenvalue weighted by Crippen LogP contribution is -2.04. The Labute approximate surface area is 180 Å². The van der Waals surface area contributed by atoms with Crippen molar-refractivity contribution in [2.45, 2.75) is 90.4 Å². The quantitative estimate of drug-likeness (QED) is 0.191. The molecule has 0 aromatic heterocycles. The molecule has 2 aliphatic rings. The highest BCUT2D eigenvalue weighted by Crippen LogP contribution is 2.41. The van der Waals surface area contributed by atoms with Crippen LogP contribution < -0.4 is 0 Å². The highest BCUT2D eigenvalue weighted by molar-refractivity contribution is 8.03. The number of rotatable bonds is 13. The van der Waals surface area contributed by atoms with Gasteiger partial charge in [-0.25, -0.2) is 0 Å². The Morgan fingerprint density at radius 1 is 1.07 bits per heavy atom. The third-order valence-corrected chi connectivity index (χ3v) is 7.14. The van der Waals surface area contributed by atoms with E-state index in [4.69, 9.17) is 4.74 Å². The number of hydrogen-bond donors (Lipinski definition) is 0. The molecular weight excluding hydrogens is 384 g/mol. The van der Waals surface area contributed by atoms with Crippen LogP contribution in [0.5, 0.6) is 0 Å². The van der Waals surface area contributed by atoms with Gasteiger partial charge in [-0.1, -0.05) is 51.2 Å². The molecule has 0 aromatic carbocycles. The Morgan fingerprint density at radius 3 is 2.59 bits per heavy atom. The first-order valence-corrected chi connectivity index (χ1v) is 12.4. The molecule has 5 heteroatoms. The molecule has 0 amide bonds. The van der Waals surface area contributed by atoms with Crippen molar-refractivity contribution in [3.63, 3.8) is 0 Å². The summed E-state index contributed by atoms with van der Waals surface area (Å²) in [4.78, 5) is 24.5. The van der Waals surface area contributed by atoms with Crippen LogP contribution in [0.15, 0.2) is 22.8 Å². The first-order valence-electron chi connectivity index (χ1n) is 11.4. The summed E-state index contributed by atoms with van der Waals surface area (Å²) >= 11 is 1.84. The number of unbranched alkanes of at least 4 members (excludes halogenated alkanes) is 2. The lowest BCUT2D eigenvalue weighted by atomic mass is 10.0. The predicted molar refractivity (Wildman–Crippen MR) is 119 cm³/mol. The van der Waals surface area contributed by atoms with Gasteiger partial charge in [-0.05, 0) is 43.8 Å². The number of thioether (sulfide) groups is 1. The topological polar surface area (TPSA) is 52.6 Å². The van der Waals surface area contributed by atoms with E-state index in [1.54, 1.807) is 0 Å². The van der Waals surface area contributed by atoms with E-state index in [2.05, 4.69) is 16.9 Å². The van der Waals surface area contributed by atoms with Crippen LogP contribution in [0.1, 0.15) is 90.4 Å². The molecule has 0 unspecified atom stereocenters. The summed E-state index contributed by atoms with van der Waals surface area (Å²) in [7, 11) is 1.44. The molecule has 4 nitrogen and oxygen atoms in total. The first kappa shape index (κ1) is 24.0. The average molecular weight is 423 g/mol. The summed E-state index contributed by atoms with van der Waals surface area (Å²) in [6.07, 6.45) is 18.1. The first-order chi connectivity index (χ1) is 14.1. The molecule has 1 fully saturated rings.